The molecule has 0 aromatic rings. The van der Waals surface area contributed by atoms with Crippen LogP contribution < -0.4 is 5.32 Å². The van der Waals surface area contributed by atoms with Crippen molar-refractivity contribution in [2.75, 3.05) is 13.1 Å². The highest BCUT2D eigenvalue weighted by molar-refractivity contribution is 4.91. The molecule has 0 amide bonds. The molecule has 0 radical (unpaired) electrons. The summed E-state index contributed by atoms with van der Waals surface area (Å²) in [6, 6.07) is 0. The van der Waals surface area contributed by atoms with Gasteiger partial charge in [-0.25, -0.2) is 0 Å². The molecule has 1 saturated heterocycles. The van der Waals surface area contributed by atoms with Gasteiger partial charge in [0.1, 0.15) is 0 Å². The third kappa shape index (κ3) is 3.23. The van der Waals surface area contributed by atoms with Gasteiger partial charge in [0.25, 0.3) is 0 Å². The first-order valence-corrected chi connectivity index (χ1v) is 7.39. The molecule has 1 N–H and O–H groups in total. The van der Waals surface area contributed by atoms with E-state index in [1.165, 1.54) is 51.6 Å². The molecule has 1 heteroatoms. The van der Waals surface area contributed by atoms with E-state index in [4.69, 9.17) is 0 Å². The second-order valence-corrected chi connectivity index (χ2v) is 5.87. The molecule has 0 aromatic heterocycles. The van der Waals surface area contributed by atoms with Gasteiger partial charge in [-0.1, -0.05) is 47.0 Å². The lowest BCUT2D eigenvalue weighted by atomic mass is 9.63. The van der Waals surface area contributed by atoms with Crippen molar-refractivity contribution in [3.63, 3.8) is 0 Å². The summed E-state index contributed by atoms with van der Waals surface area (Å²) in [4.78, 5) is 0. The number of nitrogens with one attached hydrogen (secondary N) is 1. The highest BCUT2D eigenvalue weighted by Gasteiger charge is 2.38. The van der Waals surface area contributed by atoms with Crippen molar-refractivity contribution in [1.82, 2.24) is 5.32 Å². The highest BCUT2D eigenvalue weighted by atomic mass is 14.9. The van der Waals surface area contributed by atoms with Crippen LogP contribution in [0.3, 0.4) is 0 Å². The summed E-state index contributed by atoms with van der Waals surface area (Å²) in [5.74, 6) is 1.82. The van der Waals surface area contributed by atoms with Crippen molar-refractivity contribution in [3.8, 4) is 0 Å². The van der Waals surface area contributed by atoms with E-state index in [-0.39, 0.29) is 0 Å². The summed E-state index contributed by atoms with van der Waals surface area (Å²) in [6.07, 6.45) is 8.33. The average molecular weight is 225 g/mol. The smallest absolute Gasteiger partial charge is 0.00152 e. The lowest BCUT2D eigenvalue weighted by Crippen LogP contribution is -2.45. The number of rotatable bonds is 6. The van der Waals surface area contributed by atoms with Gasteiger partial charge in [-0.3, -0.25) is 0 Å². The maximum Gasteiger partial charge on any atom is -0.00152 e. The normalized spacial score (nSPS) is 32.6. The summed E-state index contributed by atoms with van der Waals surface area (Å²) in [5, 5.41) is 3.60. The molecule has 0 aromatic carbocycles. The van der Waals surface area contributed by atoms with E-state index in [1.807, 2.05) is 0 Å². The number of hydrogen-bond acceptors (Lipinski definition) is 1. The van der Waals surface area contributed by atoms with E-state index in [1.54, 1.807) is 0 Å². The third-order valence-corrected chi connectivity index (χ3v) is 4.85. The Balaban J connectivity index is 2.70. The highest BCUT2D eigenvalue weighted by Crippen LogP contribution is 2.45. The molecule has 1 aliphatic heterocycles. The van der Waals surface area contributed by atoms with Crippen LogP contribution in [-0.2, 0) is 0 Å². The van der Waals surface area contributed by atoms with Gasteiger partial charge >= 0.3 is 0 Å². The van der Waals surface area contributed by atoms with Gasteiger partial charge in [0.2, 0.25) is 0 Å². The third-order valence-electron chi connectivity index (χ3n) is 4.85. The maximum absolute atomic E-state index is 3.60. The zero-order valence-corrected chi connectivity index (χ0v) is 11.8. The van der Waals surface area contributed by atoms with Crippen LogP contribution in [-0.4, -0.2) is 13.1 Å². The Labute approximate surface area is 102 Å². The van der Waals surface area contributed by atoms with E-state index in [0.717, 1.165) is 11.8 Å². The Kier molecular flexibility index (Phi) is 5.82. The van der Waals surface area contributed by atoms with Gasteiger partial charge in [-0.2, -0.15) is 0 Å². The predicted octanol–water partition coefficient (Wildman–Crippen LogP) is 4.23. The molecule has 1 fully saturated rings. The molecule has 0 saturated carbocycles. The van der Waals surface area contributed by atoms with Gasteiger partial charge in [0.05, 0.1) is 0 Å². The van der Waals surface area contributed by atoms with Crippen LogP contribution >= 0.6 is 0 Å². The molecule has 96 valence electrons. The van der Waals surface area contributed by atoms with Gasteiger partial charge in [0, 0.05) is 0 Å². The Morgan fingerprint density at radius 2 is 2.06 bits per heavy atom. The maximum atomic E-state index is 3.60. The number of piperidine rings is 1. The molecule has 1 aliphatic rings. The zero-order valence-electron chi connectivity index (χ0n) is 11.8. The molecular weight excluding hydrogens is 194 g/mol. The van der Waals surface area contributed by atoms with Crippen LogP contribution in [0.4, 0.5) is 0 Å². The molecule has 1 heterocycles. The number of hydrogen-bond donors (Lipinski definition) is 1. The van der Waals surface area contributed by atoms with Crippen molar-refractivity contribution >= 4 is 0 Å². The van der Waals surface area contributed by atoms with Crippen LogP contribution in [0.1, 0.15) is 66.2 Å². The lowest BCUT2D eigenvalue weighted by molar-refractivity contribution is 0.0640. The van der Waals surface area contributed by atoms with Crippen LogP contribution in [0.5, 0.6) is 0 Å². The summed E-state index contributed by atoms with van der Waals surface area (Å²) in [5.41, 5.74) is 0.649. The first-order valence-electron chi connectivity index (χ1n) is 7.39. The van der Waals surface area contributed by atoms with E-state index in [2.05, 4.69) is 33.0 Å². The molecule has 0 spiro atoms. The lowest BCUT2D eigenvalue weighted by Gasteiger charge is -2.46. The average Bonchev–Trinajstić information content (AvgIpc) is 2.32. The minimum absolute atomic E-state index is 0.649. The van der Waals surface area contributed by atoms with Gasteiger partial charge in [-0.15, -0.1) is 0 Å². The second-order valence-electron chi connectivity index (χ2n) is 5.87. The fourth-order valence-corrected chi connectivity index (χ4v) is 3.51. The monoisotopic (exact) mass is 225 g/mol. The first kappa shape index (κ1) is 14.0. The molecule has 16 heavy (non-hydrogen) atoms. The topological polar surface area (TPSA) is 12.0 Å². The van der Waals surface area contributed by atoms with Crippen molar-refractivity contribution in [2.45, 2.75) is 66.2 Å². The minimum atomic E-state index is 0.649. The molecule has 0 aliphatic carbocycles. The predicted molar refractivity (Wildman–Crippen MR) is 72.7 cm³/mol. The Hall–Kier alpha value is -0.0400. The summed E-state index contributed by atoms with van der Waals surface area (Å²) in [7, 11) is 0. The zero-order chi connectivity index (χ0) is 12.0. The Bertz CT molecular complexity index is 188. The van der Waals surface area contributed by atoms with Crippen LogP contribution in [0.15, 0.2) is 0 Å². The van der Waals surface area contributed by atoms with Crippen LogP contribution in [0.25, 0.3) is 0 Å². The van der Waals surface area contributed by atoms with Crippen LogP contribution in [0, 0.1) is 17.3 Å². The Morgan fingerprint density at radius 1 is 1.31 bits per heavy atom. The van der Waals surface area contributed by atoms with Crippen molar-refractivity contribution in [2.24, 2.45) is 17.3 Å². The van der Waals surface area contributed by atoms with Crippen molar-refractivity contribution in [1.29, 1.82) is 0 Å². The SMILES string of the molecule is CCCC1CNCCC1(CC)CC(C)CC. The molecule has 1 nitrogen and oxygen atoms in total. The quantitative estimate of drug-likeness (QED) is 0.713. The van der Waals surface area contributed by atoms with E-state index < -0.39 is 0 Å². The minimum Gasteiger partial charge on any atom is -0.316 e. The van der Waals surface area contributed by atoms with Crippen LogP contribution in [0.2, 0.25) is 0 Å². The van der Waals surface area contributed by atoms with Gasteiger partial charge in [0.15, 0.2) is 0 Å². The van der Waals surface area contributed by atoms with E-state index in [9.17, 15) is 0 Å². The fraction of sp³-hybridized carbons (Fsp3) is 1.00. The summed E-state index contributed by atoms with van der Waals surface area (Å²) < 4.78 is 0. The first-order chi connectivity index (χ1) is 7.68. The second kappa shape index (κ2) is 6.64. The van der Waals surface area contributed by atoms with Gasteiger partial charge in [-0.05, 0) is 49.6 Å². The molecule has 1 rings (SSSR count). The Morgan fingerprint density at radius 3 is 2.62 bits per heavy atom. The summed E-state index contributed by atoms with van der Waals surface area (Å²) >= 11 is 0. The largest absolute Gasteiger partial charge is 0.316 e. The van der Waals surface area contributed by atoms with E-state index >= 15 is 0 Å². The fourth-order valence-electron chi connectivity index (χ4n) is 3.51. The van der Waals surface area contributed by atoms with Crippen molar-refractivity contribution < 1.29 is 0 Å². The van der Waals surface area contributed by atoms with Gasteiger partial charge < -0.3 is 5.32 Å². The van der Waals surface area contributed by atoms with E-state index in [0.29, 0.717) is 5.41 Å². The summed E-state index contributed by atoms with van der Waals surface area (Å²) in [6.45, 7) is 12.0. The standard InChI is InChI=1S/C15H31N/c1-5-8-14-12-16-10-9-15(14,7-3)11-13(4)6-2/h13-14,16H,5-12H2,1-4H3. The molecule has 3 atom stereocenters. The molecule has 3 unspecified atom stereocenters. The molecular formula is C15H31N. The molecule has 0 bridgehead atoms. The van der Waals surface area contributed by atoms with Crippen molar-refractivity contribution in [3.05, 3.63) is 0 Å².